The topological polar surface area (TPSA) is 98.0 Å². The summed E-state index contributed by atoms with van der Waals surface area (Å²) in [5.41, 5.74) is 1.88. The minimum absolute atomic E-state index is 0.0159. The van der Waals surface area contributed by atoms with E-state index < -0.39 is 18.0 Å². The van der Waals surface area contributed by atoms with Crippen molar-refractivity contribution in [2.45, 2.75) is 106 Å². The van der Waals surface area contributed by atoms with Gasteiger partial charge in [-0.25, -0.2) is 0 Å². The van der Waals surface area contributed by atoms with E-state index >= 15 is 0 Å². The molecule has 0 amide bonds. The van der Waals surface area contributed by atoms with E-state index in [1.165, 1.54) is 11.1 Å². The van der Waals surface area contributed by atoms with E-state index in [9.17, 15) is 25.2 Å². The Bertz CT molecular complexity index is 933. The molecule has 1 unspecified atom stereocenters. The number of carboxylic acids is 1. The Hall–Kier alpha value is -1.17. The van der Waals surface area contributed by atoms with Crippen LogP contribution in [0.1, 0.15) is 93.4 Å². The van der Waals surface area contributed by atoms with Crippen LogP contribution in [0.5, 0.6) is 0 Å². The Morgan fingerprint density at radius 1 is 1.06 bits per heavy atom. The highest BCUT2D eigenvalue weighted by Gasteiger charge is 2.66. The molecule has 0 spiro atoms. The summed E-state index contributed by atoms with van der Waals surface area (Å²) in [7, 11) is 0. The third kappa shape index (κ3) is 3.86. The van der Waals surface area contributed by atoms with Crippen LogP contribution in [0, 0.1) is 51.2 Å². The average molecular weight is 503 g/mol. The summed E-state index contributed by atoms with van der Waals surface area (Å²) in [4.78, 5) is 12.6. The first-order chi connectivity index (χ1) is 16.6. The SMILES string of the molecule is CC(C)C(CO)CC[C@@H](C(=O)O)[C@H]1[C@H](O)C[C@@]2(C)C3=CC[C@H]4C(C)(C)[C@@H](O)CC[C@]4(C)C3=CC[C@]12C. The Labute approximate surface area is 218 Å². The van der Waals surface area contributed by atoms with Crippen LogP contribution in [-0.2, 0) is 4.79 Å². The third-order valence-electron chi connectivity index (χ3n) is 12.1. The molecule has 2 fully saturated rings. The van der Waals surface area contributed by atoms with Crippen molar-refractivity contribution in [2.24, 2.45) is 51.2 Å². The number of aliphatic hydroxyl groups is 3. The lowest BCUT2D eigenvalue weighted by molar-refractivity contribution is -0.148. The first-order valence-electron chi connectivity index (χ1n) is 14.3. The van der Waals surface area contributed by atoms with Gasteiger partial charge < -0.3 is 20.4 Å². The fourth-order valence-corrected chi connectivity index (χ4v) is 9.30. The third-order valence-corrected chi connectivity index (χ3v) is 12.1. The summed E-state index contributed by atoms with van der Waals surface area (Å²) in [5.74, 6) is -1.07. The zero-order chi connectivity index (χ0) is 26.8. The molecule has 4 N–H and O–H groups in total. The highest BCUT2D eigenvalue weighted by Crippen LogP contribution is 2.71. The zero-order valence-electron chi connectivity index (χ0n) is 23.6. The molecule has 0 aromatic rings. The maximum Gasteiger partial charge on any atom is 0.306 e. The number of hydrogen-bond donors (Lipinski definition) is 4. The average Bonchev–Trinajstić information content (AvgIpc) is 2.99. The number of aliphatic hydroxyl groups excluding tert-OH is 3. The Morgan fingerprint density at radius 3 is 2.31 bits per heavy atom. The molecule has 5 nitrogen and oxygen atoms in total. The normalized spacial score (nSPS) is 43.1. The summed E-state index contributed by atoms with van der Waals surface area (Å²) >= 11 is 0. The van der Waals surface area contributed by atoms with E-state index in [1.807, 2.05) is 0 Å². The number of allylic oxidation sites excluding steroid dienone is 4. The summed E-state index contributed by atoms with van der Waals surface area (Å²) < 4.78 is 0. The van der Waals surface area contributed by atoms with Gasteiger partial charge in [0.05, 0.1) is 18.1 Å². The van der Waals surface area contributed by atoms with Gasteiger partial charge in [-0.1, -0.05) is 60.6 Å². The predicted octanol–water partition coefficient (Wildman–Crippen LogP) is 5.59. The molecule has 5 heteroatoms. The monoisotopic (exact) mass is 502 g/mol. The van der Waals surface area contributed by atoms with E-state index in [-0.39, 0.29) is 46.2 Å². The number of carbonyl (C=O) groups is 1. The highest BCUT2D eigenvalue weighted by molar-refractivity contribution is 5.71. The first-order valence-corrected chi connectivity index (χ1v) is 14.3. The lowest BCUT2D eigenvalue weighted by Crippen LogP contribution is -2.54. The Balaban J connectivity index is 1.71. The van der Waals surface area contributed by atoms with Crippen LogP contribution in [0.2, 0.25) is 0 Å². The van der Waals surface area contributed by atoms with Crippen molar-refractivity contribution >= 4 is 5.97 Å². The molecule has 0 saturated heterocycles. The smallest absolute Gasteiger partial charge is 0.306 e. The molecule has 0 radical (unpaired) electrons. The molecule has 204 valence electrons. The number of fused-ring (bicyclic) bond motifs is 5. The van der Waals surface area contributed by atoms with Crippen LogP contribution < -0.4 is 0 Å². The van der Waals surface area contributed by atoms with E-state index in [0.717, 1.165) is 25.7 Å². The molecular formula is C31H50O5. The second-order valence-corrected chi connectivity index (χ2v) is 14.3. The summed E-state index contributed by atoms with van der Waals surface area (Å²) in [5, 5.41) is 42.5. The highest BCUT2D eigenvalue weighted by atomic mass is 16.4. The summed E-state index contributed by atoms with van der Waals surface area (Å²) in [6.45, 7) is 15.5. The quantitative estimate of drug-likeness (QED) is 0.364. The van der Waals surface area contributed by atoms with Gasteiger partial charge in [0.1, 0.15) is 0 Å². The van der Waals surface area contributed by atoms with E-state index in [0.29, 0.717) is 31.1 Å². The number of hydrogen-bond acceptors (Lipinski definition) is 4. The molecule has 36 heavy (non-hydrogen) atoms. The van der Waals surface area contributed by atoms with Gasteiger partial charge in [0, 0.05) is 17.9 Å². The van der Waals surface area contributed by atoms with Gasteiger partial charge in [-0.2, -0.15) is 0 Å². The van der Waals surface area contributed by atoms with Crippen LogP contribution in [0.3, 0.4) is 0 Å². The van der Waals surface area contributed by atoms with E-state index in [1.54, 1.807) is 0 Å². The maximum absolute atomic E-state index is 12.6. The van der Waals surface area contributed by atoms with Crippen molar-refractivity contribution < 1.29 is 25.2 Å². The van der Waals surface area contributed by atoms with Crippen LogP contribution in [0.4, 0.5) is 0 Å². The lowest BCUT2D eigenvalue weighted by atomic mass is 9.44. The van der Waals surface area contributed by atoms with Gasteiger partial charge >= 0.3 is 5.97 Å². The molecule has 4 aliphatic carbocycles. The van der Waals surface area contributed by atoms with Crippen molar-refractivity contribution in [1.29, 1.82) is 0 Å². The van der Waals surface area contributed by atoms with Crippen molar-refractivity contribution in [3.8, 4) is 0 Å². The zero-order valence-corrected chi connectivity index (χ0v) is 23.6. The van der Waals surface area contributed by atoms with Gasteiger partial charge in [0.2, 0.25) is 0 Å². The lowest BCUT2D eigenvalue weighted by Gasteiger charge is -2.61. The molecule has 0 aromatic heterocycles. The Morgan fingerprint density at radius 2 is 1.72 bits per heavy atom. The molecule has 0 aliphatic heterocycles. The van der Waals surface area contributed by atoms with E-state index in [2.05, 4.69) is 60.6 Å². The first kappa shape index (κ1) is 27.9. The van der Waals surface area contributed by atoms with Crippen LogP contribution in [0.15, 0.2) is 23.3 Å². The van der Waals surface area contributed by atoms with Gasteiger partial charge in [-0.3, -0.25) is 4.79 Å². The van der Waals surface area contributed by atoms with Gasteiger partial charge in [0.25, 0.3) is 0 Å². The van der Waals surface area contributed by atoms with Crippen LogP contribution in [0.25, 0.3) is 0 Å². The molecule has 0 aromatic carbocycles. The molecule has 2 saturated carbocycles. The largest absolute Gasteiger partial charge is 0.481 e. The number of aliphatic carboxylic acids is 1. The summed E-state index contributed by atoms with van der Waals surface area (Å²) in [6.07, 6.45) is 8.94. The van der Waals surface area contributed by atoms with Crippen molar-refractivity contribution in [3.05, 3.63) is 23.3 Å². The minimum atomic E-state index is -0.826. The number of rotatable bonds is 7. The molecule has 0 bridgehead atoms. The second kappa shape index (κ2) is 9.24. The molecule has 4 aliphatic rings. The second-order valence-electron chi connectivity index (χ2n) is 14.3. The fraction of sp³-hybridized carbons (Fsp3) is 0.839. The van der Waals surface area contributed by atoms with Crippen molar-refractivity contribution in [3.63, 3.8) is 0 Å². The van der Waals surface area contributed by atoms with Crippen LogP contribution >= 0.6 is 0 Å². The van der Waals surface area contributed by atoms with Gasteiger partial charge in [-0.05, 0) is 90.1 Å². The van der Waals surface area contributed by atoms with E-state index in [4.69, 9.17) is 0 Å². The standard InChI is InChI=1S/C31H50O5/c1-18(2)19(17-32)8-9-20(27(35)36)26-23(33)16-31(7)22-10-11-24-28(3,4)25(34)13-14-29(24,5)21(22)12-15-30(26,31)6/h10,12,18-20,23-26,32-34H,8-9,11,13-17H2,1-7H3,(H,35,36)/t19?,20-,23-,24+,25+,26+,29-,30-,31+/m1/s1. The minimum Gasteiger partial charge on any atom is -0.481 e. The fourth-order valence-electron chi connectivity index (χ4n) is 9.30. The molecule has 9 atom stereocenters. The summed E-state index contributed by atoms with van der Waals surface area (Å²) in [6, 6.07) is 0. The maximum atomic E-state index is 12.6. The van der Waals surface area contributed by atoms with Crippen molar-refractivity contribution in [1.82, 2.24) is 0 Å². The van der Waals surface area contributed by atoms with Crippen LogP contribution in [-0.4, -0.2) is 45.2 Å². The predicted molar refractivity (Wildman–Crippen MR) is 142 cm³/mol. The van der Waals surface area contributed by atoms with Gasteiger partial charge in [0.15, 0.2) is 0 Å². The molecule has 4 rings (SSSR count). The molecular weight excluding hydrogens is 452 g/mol. The number of carboxylic acid groups (broad SMARTS) is 1. The Kier molecular flexibility index (Phi) is 7.15. The molecule has 0 heterocycles. The van der Waals surface area contributed by atoms with Gasteiger partial charge in [-0.15, -0.1) is 0 Å². The van der Waals surface area contributed by atoms with Crippen molar-refractivity contribution in [2.75, 3.05) is 6.61 Å².